The van der Waals surface area contributed by atoms with Gasteiger partial charge in [0.25, 0.3) is 0 Å². The molecule has 1 aliphatic carbocycles. The number of aryl methyl sites for hydroxylation is 1. The van der Waals surface area contributed by atoms with E-state index in [2.05, 4.69) is 17.6 Å². The lowest BCUT2D eigenvalue weighted by Crippen LogP contribution is -2.31. The average molecular weight is 541 g/mol. The van der Waals surface area contributed by atoms with Gasteiger partial charge in [-0.05, 0) is 80.3 Å². The quantitative estimate of drug-likeness (QED) is 0.224. The van der Waals surface area contributed by atoms with Crippen LogP contribution in [0.1, 0.15) is 42.3 Å². The second kappa shape index (κ2) is 10.4. The molecule has 1 heterocycles. The zero-order chi connectivity index (χ0) is 26.2. The second-order valence-corrected chi connectivity index (χ2v) is 10.6. The minimum atomic E-state index is -0.400. The first-order valence-electron chi connectivity index (χ1n) is 12.0. The number of aromatic nitrogens is 2. The Morgan fingerprint density at radius 3 is 2.49 bits per heavy atom. The van der Waals surface area contributed by atoms with Gasteiger partial charge in [0.2, 0.25) is 0 Å². The maximum absolute atomic E-state index is 14.5. The highest BCUT2D eigenvalue weighted by molar-refractivity contribution is 7.98. The van der Waals surface area contributed by atoms with Crippen LogP contribution >= 0.6 is 23.4 Å². The molecular formula is C29H27ClF2N2O2S. The number of hydrogen-bond donors (Lipinski definition) is 0. The Balaban J connectivity index is 1.66. The summed E-state index contributed by atoms with van der Waals surface area (Å²) in [5.41, 5.74) is 3.93. The van der Waals surface area contributed by atoms with Gasteiger partial charge in [0.05, 0.1) is 25.6 Å². The SMILES string of the molecule is COc1ccc([C@]2(C)CCCc3nc(SCc4c(F)cccc4Cl)n(-c4ccc(F)cc4)c32)cc1OC. The third-order valence-electron chi connectivity index (χ3n) is 7.04. The molecule has 1 aromatic heterocycles. The van der Waals surface area contributed by atoms with Crippen LogP contribution < -0.4 is 9.47 Å². The summed E-state index contributed by atoms with van der Waals surface area (Å²) in [6.07, 6.45) is 2.67. The third-order valence-corrected chi connectivity index (χ3v) is 8.36. The van der Waals surface area contributed by atoms with Crippen molar-refractivity contribution in [3.63, 3.8) is 0 Å². The molecule has 5 rings (SSSR count). The van der Waals surface area contributed by atoms with Gasteiger partial charge in [0.15, 0.2) is 16.7 Å². The molecule has 1 atom stereocenters. The summed E-state index contributed by atoms with van der Waals surface area (Å²) < 4.78 is 41.6. The number of hydrogen-bond acceptors (Lipinski definition) is 4. The number of halogens is 3. The molecular weight excluding hydrogens is 514 g/mol. The largest absolute Gasteiger partial charge is 0.493 e. The van der Waals surface area contributed by atoms with Gasteiger partial charge in [0, 0.05) is 27.4 Å². The molecule has 0 saturated carbocycles. The number of benzene rings is 3. The first-order valence-corrected chi connectivity index (χ1v) is 13.4. The number of fused-ring (bicyclic) bond motifs is 1. The molecule has 0 fully saturated rings. The Labute approximate surface area is 224 Å². The number of imidazole rings is 1. The van der Waals surface area contributed by atoms with Gasteiger partial charge in [-0.2, -0.15) is 0 Å². The van der Waals surface area contributed by atoms with E-state index in [1.807, 2.05) is 12.1 Å². The maximum Gasteiger partial charge on any atom is 0.173 e. The van der Waals surface area contributed by atoms with Crippen molar-refractivity contribution in [1.29, 1.82) is 0 Å². The van der Waals surface area contributed by atoms with E-state index in [1.165, 1.54) is 30.0 Å². The van der Waals surface area contributed by atoms with Gasteiger partial charge in [-0.15, -0.1) is 0 Å². The molecule has 0 radical (unpaired) electrons. The Kier molecular flexibility index (Phi) is 7.19. The van der Waals surface area contributed by atoms with Crippen LogP contribution in [0.4, 0.5) is 8.78 Å². The van der Waals surface area contributed by atoms with Gasteiger partial charge in [0.1, 0.15) is 11.6 Å². The molecule has 0 N–H and O–H groups in total. The van der Waals surface area contributed by atoms with E-state index in [1.54, 1.807) is 38.5 Å². The maximum atomic E-state index is 14.5. The molecule has 4 aromatic rings. The van der Waals surface area contributed by atoms with Crippen molar-refractivity contribution >= 4 is 23.4 Å². The van der Waals surface area contributed by atoms with Crippen LogP contribution in [-0.4, -0.2) is 23.8 Å². The number of rotatable bonds is 7. The summed E-state index contributed by atoms with van der Waals surface area (Å²) in [5, 5.41) is 1.09. The fourth-order valence-corrected chi connectivity index (χ4v) is 6.48. The second-order valence-electron chi connectivity index (χ2n) is 9.25. The topological polar surface area (TPSA) is 36.3 Å². The summed E-state index contributed by atoms with van der Waals surface area (Å²) in [4.78, 5) is 5.03. The van der Waals surface area contributed by atoms with Crippen molar-refractivity contribution in [1.82, 2.24) is 9.55 Å². The molecule has 0 amide bonds. The van der Waals surface area contributed by atoms with Gasteiger partial charge in [-0.25, -0.2) is 13.8 Å². The van der Waals surface area contributed by atoms with E-state index in [0.29, 0.717) is 33.0 Å². The van der Waals surface area contributed by atoms with Crippen LogP contribution in [0, 0.1) is 11.6 Å². The molecule has 4 nitrogen and oxygen atoms in total. The zero-order valence-electron chi connectivity index (χ0n) is 20.9. The lowest BCUT2D eigenvalue weighted by molar-refractivity contribution is 0.352. The minimum absolute atomic E-state index is 0.312. The van der Waals surface area contributed by atoms with Crippen LogP contribution in [-0.2, 0) is 17.6 Å². The first-order chi connectivity index (χ1) is 17.9. The highest BCUT2D eigenvalue weighted by Gasteiger charge is 2.40. The van der Waals surface area contributed by atoms with Gasteiger partial charge < -0.3 is 9.47 Å². The summed E-state index contributed by atoms with van der Waals surface area (Å²) in [7, 11) is 3.24. The van der Waals surface area contributed by atoms with Gasteiger partial charge >= 0.3 is 0 Å². The highest BCUT2D eigenvalue weighted by Crippen LogP contribution is 2.47. The molecule has 0 unspecified atom stereocenters. The summed E-state index contributed by atoms with van der Waals surface area (Å²) >= 11 is 7.72. The number of methoxy groups -OCH3 is 2. The van der Waals surface area contributed by atoms with Crippen LogP contribution in [0.25, 0.3) is 5.69 Å². The lowest BCUT2D eigenvalue weighted by Gasteiger charge is -2.36. The fraction of sp³-hybridized carbons (Fsp3) is 0.276. The van der Waals surface area contributed by atoms with E-state index in [0.717, 1.165) is 41.9 Å². The van der Waals surface area contributed by atoms with Crippen molar-refractivity contribution in [3.8, 4) is 17.2 Å². The summed E-state index contributed by atoms with van der Waals surface area (Å²) in [6.45, 7) is 2.20. The van der Waals surface area contributed by atoms with Crippen LogP contribution in [0.5, 0.6) is 11.5 Å². The molecule has 1 aliphatic rings. The van der Waals surface area contributed by atoms with Gasteiger partial charge in [-0.1, -0.05) is 35.5 Å². The molecule has 8 heteroatoms. The van der Waals surface area contributed by atoms with Crippen molar-refractivity contribution in [2.45, 2.75) is 42.5 Å². The molecule has 0 bridgehead atoms. The van der Waals surface area contributed by atoms with Crippen molar-refractivity contribution < 1.29 is 18.3 Å². The van der Waals surface area contributed by atoms with E-state index in [-0.39, 0.29) is 11.6 Å². The third kappa shape index (κ3) is 4.71. The summed E-state index contributed by atoms with van der Waals surface area (Å²) in [6, 6.07) is 17.1. The normalized spacial score (nSPS) is 16.9. The zero-order valence-corrected chi connectivity index (χ0v) is 22.4. The molecule has 37 heavy (non-hydrogen) atoms. The van der Waals surface area contributed by atoms with Crippen molar-refractivity contribution in [3.05, 3.63) is 99.8 Å². The molecule has 0 saturated heterocycles. The van der Waals surface area contributed by atoms with E-state index in [4.69, 9.17) is 26.1 Å². The van der Waals surface area contributed by atoms with E-state index < -0.39 is 5.41 Å². The van der Waals surface area contributed by atoms with Crippen molar-refractivity contribution in [2.75, 3.05) is 14.2 Å². The average Bonchev–Trinajstić information content (AvgIpc) is 3.28. The first kappa shape index (κ1) is 25.6. The van der Waals surface area contributed by atoms with Crippen LogP contribution in [0.2, 0.25) is 5.02 Å². The Morgan fingerprint density at radius 1 is 1.03 bits per heavy atom. The van der Waals surface area contributed by atoms with Gasteiger partial charge in [-0.3, -0.25) is 4.57 Å². The van der Waals surface area contributed by atoms with Crippen LogP contribution in [0.3, 0.4) is 0 Å². The predicted octanol–water partition coefficient (Wildman–Crippen LogP) is 7.76. The lowest BCUT2D eigenvalue weighted by atomic mass is 9.71. The number of ether oxygens (including phenoxy) is 2. The Bertz CT molecular complexity index is 1420. The number of nitrogens with zero attached hydrogens (tertiary/aromatic N) is 2. The van der Waals surface area contributed by atoms with Crippen molar-refractivity contribution in [2.24, 2.45) is 0 Å². The molecule has 3 aromatic carbocycles. The van der Waals surface area contributed by atoms with Crippen LogP contribution in [0.15, 0.2) is 65.8 Å². The predicted molar refractivity (Wildman–Crippen MR) is 143 cm³/mol. The monoisotopic (exact) mass is 540 g/mol. The molecule has 0 aliphatic heterocycles. The highest BCUT2D eigenvalue weighted by atomic mass is 35.5. The smallest absolute Gasteiger partial charge is 0.173 e. The van der Waals surface area contributed by atoms with E-state index in [9.17, 15) is 8.78 Å². The summed E-state index contributed by atoms with van der Waals surface area (Å²) in [5.74, 6) is 0.976. The minimum Gasteiger partial charge on any atom is -0.493 e. The number of thioether (sulfide) groups is 1. The Morgan fingerprint density at radius 2 is 1.78 bits per heavy atom. The molecule has 192 valence electrons. The van der Waals surface area contributed by atoms with E-state index >= 15 is 0 Å². The fourth-order valence-electron chi connectivity index (χ4n) is 5.10. The standard InChI is InChI=1S/C29H27ClF2N2O2S/c1-29(18-9-14-25(35-2)26(16-18)36-3)15-5-8-24-27(29)34(20-12-10-19(31)11-13-20)28(33-24)37-17-21-22(30)6-4-7-23(21)32/h4,6-7,9-14,16H,5,8,15,17H2,1-3H3/t29-/m0/s1. The Hall–Kier alpha value is -3.03. The molecule has 0 spiro atoms.